The van der Waals surface area contributed by atoms with Gasteiger partial charge < -0.3 is 10.3 Å². The number of nitrogens with zero attached hydrogens (tertiary/aromatic N) is 1. The minimum absolute atomic E-state index is 0.0977. The molecule has 0 bridgehead atoms. The van der Waals surface area contributed by atoms with E-state index >= 15 is 0 Å². The number of H-pyrrole nitrogens is 2. The first-order chi connectivity index (χ1) is 11.3. The Morgan fingerprint density at radius 1 is 1.22 bits per heavy atom. The molecule has 6 heteroatoms. The van der Waals surface area contributed by atoms with Crippen molar-refractivity contribution < 1.29 is 4.79 Å². The predicted molar refractivity (Wildman–Crippen MR) is 91.4 cm³/mol. The van der Waals surface area contributed by atoms with Gasteiger partial charge >= 0.3 is 0 Å². The van der Waals surface area contributed by atoms with Crippen LogP contribution >= 0.6 is 11.3 Å². The molecule has 23 heavy (non-hydrogen) atoms. The predicted octanol–water partition coefficient (Wildman–Crippen LogP) is 3.55. The highest BCUT2D eigenvalue weighted by Gasteiger charge is 2.10. The summed E-state index contributed by atoms with van der Waals surface area (Å²) in [7, 11) is 0. The maximum absolute atomic E-state index is 12.3. The molecule has 0 saturated heterocycles. The Morgan fingerprint density at radius 2 is 2.17 bits per heavy atom. The van der Waals surface area contributed by atoms with Crippen molar-refractivity contribution in [2.75, 3.05) is 0 Å². The molecule has 0 aliphatic carbocycles. The number of hydrogen-bond acceptors (Lipinski definition) is 3. The summed E-state index contributed by atoms with van der Waals surface area (Å²) < 4.78 is 0. The average molecular weight is 322 g/mol. The molecule has 114 valence electrons. The third-order valence-corrected chi connectivity index (χ3v) is 4.58. The normalized spacial score (nSPS) is 11.0. The first-order valence-corrected chi connectivity index (χ1v) is 8.10. The van der Waals surface area contributed by atoms with Gasteiger partial charge in [0.15, 0.2) is 0 Å². The van der Waals surface area contributed by atoms with Crippen LogP contribution in [0.3, 0.4) is 0 Å². The summed E-state index contributed by atoms with van der Waals surface area (Å²) in [6, 6.07) is 11.9. The Labute approximate surface area is 136 Å². The second kappa shape index (κ2) is 5.73. The highest BCUT2D eigenvalue weighted by atomic mass is 32.1. The lowest BCUT2D eigenvalue weighted by atomic mass is 10.1. The Bertz CT molecular complexity index is 938. The number of benzene rings is 1. The molecule has 3 heterocycles. The second-order valence-electron chi connectivity index (χ2n) is 5.23. The summed E-state index contributed by atoms with van der Waals surface area (Å²) in [6.07, 6.45) is 3.62. The summed E-state index contributed by atoms with van der Waals surface area (Å²) in [5, 5.41) is 12.7. The van der Waals surface area contributed by atoms with Crippen LogP contribution in [0.2, 0.25) is 0 Å². The minimum Gasteiger partial charge on any atom is -0.351 e. The maximum atomic E-state index is 12.3. The van der Waals surface area contributed by atoms with Crippen LogP contribution in [-0.2, 0) is 6.54 Å². The number of nitrogens with one attached hydrogen (secondary N) is 3. The van der Waals surface area contributed by atoms with Gasteiger partial charge in [-0.15, -0.1) is 11.3 Å². The molecule has 4 aromatic rings. The van der Waals surface area contributed by atoms with E-state index in [-0.39, 0.29) is 5.91 Å². The lowest BCUT2D eigenvalue weighted by Crippen LogP contribution is -2.22. The van der Waals surface area contributed by atoms with Crippen molar-refractivity contribution >= 4 is 28.1 Å². The summed E-state index contributed by atoms with van der Waals surface area (Å²) in [5.74, 6) is -0.0977. The molecule has 4 rings (SSSR count). The lowest BCUT2D eigenvalue weighted by molar-refractivity contribution is 0.0947. The molecular weight excluding hydrogens is 308 g/mol. The molecule has 0 aliphatic heterocycles. The molecular formula is C17H14N4OS. The van der Waals surface area contributed by atoms with Gasteiger partial charge in [0.1, 0.15) is 5.69 Å². The van der Waals surface area contributed by atoms with Crippen molar-refractivity contribution in [3.63, 3.8) is 0 Å². The smallest absolute Gasteiger partial charge is 0.268 e. The molecule has 3 N–H and O–H groups in total. The summed E-state index contributed by atoms with van der Waals surface area (Å²) >= 11 is 1.63. The second-order valence-corrected chi connectivity index (χ2v) is 6.27. The van der Waals surface area contributed by atoms with E-state index in [9.17, 15) is 4.79 Å². The molecule has 0 unspecified atom stereocenters. The van der Waals surface area contributed by atoms with Crippen molar-refractivity contribution in [2.45, 2.75) is 6.54 Å². The lowest BCUT2D eigenvalue weighted by Gasteiger charge is -2.01. The van der Waals surface area contributed by atoms with Gasteiger partial charge in [0, 0.05) is 27.5 Å². The highest BCUT2D eigenvalue weighted by molar-refractivity contribution is 7.09. The van der Waals surface area contributed by atoms with Crippen LogP contribution in [0.4, 0.5) is 0 Å². The van der Waals surface area contributed by atoms with Gasteiger partial charge in [0.2, 0.25) is 0 Å². The van der Waals surface area contributed by atoms with Crippen LogP contribution in [0.25, 0.3) is 22.0 Å². The topological polar surface area (TPSA) is 73.6 Å². The van der Waals surface area contributed by atoms with Crippen LogP contribution < -0.4 is 5.32 Å². The molecule has 1 aromatic carbocycles. The fourth-order valence-electron chi connectivity index (χ4n) is 2.51. The van der Waals surface area contributed by atoms with Crippen molar-refractivity contribution in [3.05, 3.63) is 64.7 Å². The highest BCUT2D eigenvalue weighted by Crippen LogP contribution is 2.24. The molecule has 1 amide bonds. The first kappa shape index (κ1) is 13.8. The van der Waals surface area contributed by atoms with Crippen molar-refractivity contribution in [1.29, 1.82) is 0 Å². The zero-order valence-electron chi connectivity index (χ0n) is 12.2. The van der Waals surface area contributed by atoms with E-state index in [1.807, 2.05) is 48.0 Å². The number of thiophene rings is 1. The van der Waals surface area contributed by atoms with Gasteiger partial charge in [0.25, 0.3) is 5.91 Å². The van der Waals surface area contributed by atoms with Crippen molar-refractivity contribution in [1.82, 2.24) is 20.5 Å². The van der Waals surface area contributed by atoms with Gasteiger partial charge in [-0.05, 0) is 29.1 Å². The number of aromatic nitrogens is 3. The first-order valence-electron chi connectivity index (χ1n) is 7.22. The number of fused-ring (bicyclic) bond motifs is 1. The Balaban J connectivity index is 1.57. The summed E-state index contributed by atoms with van der Waals surface area (Å²) in [5.41, 5.74) is 3.58. The zero-order chi connectivity index (χ0) is 15.6. The van der Waals surface area contributed by atoms with E-state index < -0.39 is 0 Å². The van der Waals surface area contributed by atoms with Crippen molar-refractivity contribution in [2.24, 2.45) is 0 Å². The molecule has 0 spiro atoms. The average Bonchev–Trinajstić information content (AvgIpc) is 3.32. The SMILES string of the molecule is O=C(NCc1cccs1)c1cc2ccc(-c3cn[nH]c3)cc2[nH]1. The fourth-order valence-corrected chi connectivity index (χ4v) is 3.16. The van der Waals surface area contributed by atoms with Gasteiger partial charge in [-0.3, -0.25) is 9.89 Å². The van der Waals surface area contributed by atoms with Crippen LogP contribution in [0, 0.1) is 0 Å². The van der Waals surface area contributed by atoms with E-state index in [1.54, 1.807) is 17.5 Å². The van der Waals surface area contributed by atoms with E-state index in [0.29, 0.717) is 12.2 Å². The van der Waals surface area contributed by atoms with Crippen LogP contribution in [0.5, 0.6) is 0 Å². The van der Waals surface area contributed by atoms with Crippen LogP contribution in [0.15, 0.2) is 54.2 Å². The maximum Gasteiger partial charge on any atom is 0.268 e. The molecule has 0 fully saturated rings. The number of rotatable bonds is 4. The summed E-state index contributed by atoms with van der Waals surface area (Å²) in [4.78, 5) is 16.6. The number of hydrogen-bond donors (Lipinski definition) is 3. The molecule has 0 atom stereocenters. The molecule has 0 radical (unpaired) electrons. The Kier molecular flexibility index (Phi) is 3.44. The standard InChI is InChI=1S/C17H14N4OS/c22-17(18-10-14-2-1-5-23-14)16-7-12-4-3-11(6-15(12)21-16)13-8-19-20-9-13/h1-9,21H,10H2,(H,18,22)(H,19,20). The van der Waals surface area contributed by atoms with Crippen LogP contribution in [-0.4, -0.2) is 21.1 Å². The van der Waals surface area contributed by atoms with E-state index in [4.69, 9.17) is 0 Å². The van der Waals surface area contributed by atoms with Gasteiger partial charge in [0.05, 0.1) is 12.7 Å². The van der Waals surface area contributed by atoms with Gasteiger partial charge in [-0.25, -0.2) is 0 Å². The number of carbonyl (C=O) groups excluding carboxylic acids is 1. The van der Waals surface area contributed by atoms with Crippen molar-refractivity contribution in [3.8, 4) is 11.1 Å². The van der Waals surface area contributed by atoms with Crippen LogP contribution in [0.1, 0.15) is 15.4 Å². The van der Waals surface area contributed by atoms with E-state index in [1.165, 1.54) is 0 Å². The minimum atomic E-state index is -0.0977. The molecule has 0 saturated carbocycles. The zero-order valence-corrected chi connectivity index (χ0v) is 13.0. The largest absolute Gasteiger partial charge is 0.351 e. The third-order valence-electron chi connectivity index (χ3n) is 3.70. The van der Waals surface area contributed by atoms with E-state index in [0.717, 1.165) is 26.9 Å². The fraction of sp³-hybridized carbons (Fsp3) is 0.0588. The van der Waals surface area contributed by atoms with Gasteiger partial charge in [-0.1, -0.05) is 18.2 Å². The Morgan fingerprint density at radius 3 is 2.96 bits per heavy atom. The van der Waals surface area contributed by atoms with Gasteiger partial charge in [-0.2, -0.15) is 5.10 Å². The Hall–Kier alpha value is -2.86. The molecule has 5 nitrogen and oxygen atoms in total. The number of amides is 1. The molecule has 3 aromatic heterocycles. The quantitative estimate of drug-likeness (QED) is 0.537. The third kappa shape index (κ3) is 2.76. The number of aromatic amines is 2. The monoisotopic (exact) mass is 322 g/mol. The number of carbonyl (C=O) groups is 1. The summed E-state index contributed by atoms with van der Waals surface area (Å²) in [6.45, 7) is 0.548. The van der Waals surface area contributed by atoms with E-state index in [2.05, 4.69) is 20.5 Å². The molecule has 0 aliphatic rings.